The van der Waals surface area contributed by atoms with Crippen LogP contribution in [-0.4, -0.2) is 54.0 Å². The van der Waals surface area contributed by atoms with Crippen molar-refractivity contribution >= 4 is 0 Å². The van der Waals surface area contributed by atoms with Gasteiger partial charge in [-0.25, -0.2) is 0 Å². The summed E-state index contributed by atoms with van der Waals surface area (Å²) in [6.45, 7) is -3.08. The molecule has 0 aliphatic carbocycles. The number of hydrogen-bond donors (Lipinski definition) is 0. The Hall–Kier alpha value is -1.58. The van der Waals surface area contributed by atoms with E-state index in [2.05, 4.69) is 4.74 Å². The Morgan fingerprint density at radius 3 is 1.13 bits per heavy atom. The minimum Gasteiger partial charge on any atom is -0.495 e. The largest absolute Gasteiger partial charge is 0.495 e. The smallest absolute Gasteiger partial charge is 0.385 e. The van der Waals surface area contributed by atoms with E-state index in [1.807, 2.05) is 0 Å². The molecule has 0 aromatic carbocycles. The van der Waals surface area contributed by atoms with Crippen LogP contribution in [-0.2, 0) is 4.74 Å². The molecule has 0 saturated heterocycles. The molecule has 17 heteroatoms. The molecule has 0 atom stereocenters. The van der Waals surface area contributed by atoms with Crippen LogP contribution in [0.1, 0.15) is 13.8 Å². The second-order valence-electron chi connectivity index (χ2n) is 5.82. The first-order valence-corrected chi connectivity index (χ1v) is 7.06. The Morgan fingerprint density at radius 1 is 0.533 bits per heavy atom. The van der Waals surface area contributed by atoms with Gasteiger partial charge in [0.05, 0.1) is 6.26 Å². The highest BCUT2D eigenvalue weighted by atomic mass is 19.4. The van der Waals surface area contributed by atoms with Crippen LogP contribution in [0.3, 0.4) is 0 Å². The maximum absolute atomic E-state index is 13.4. The molecule has 0 N–H and O–H groups in total. The highest BCUT2D eigenvalue weighted by molar-refractivity contribution is 5.15. The third-order valence-corrected chi connectivity index (χ3v) is 3.48. The lowest BCUT2D eigenvalue weighted by Crippen LogP contribution is -2.74. The number of alkyl halides is 16. The van der Waals surface area contributed by atoms with Gasteiger partial charge in [0.2, 0.25) is 0 Å². The van der Waals surface area contributed by atoms with E-state index < -0.39 is 60.9 Å². The van der Waals surface area contributed by atoms with Crippen molar-refractivity contribution in [1.29, 1.82) is 0 Å². The number of rotatable bonds is 10. The van der Waals surface area contributed by atoms with Gasteiger partial charge in [-0.3, -0.25) is 0 Å². The Bertz CT molecular complexity index is 630. The fourth-order valence-corrected chi connectivity index (χ4v) is 1.63. The molecule has 0 radical (unpaired) electrons. The molecule has 0 fully saturated rings. The fourth-order valence-electron chi connectivity index (χ4n) is 1.63. The van der Waals surface area contributed by atoms with Crippen molar-refractivity contribution in [3.8, 4) is 0 Å². The Kier molecular flexibility index (Phi) is 7.13. The zero-order chi connectivity index (χ0) is 24.8. The summed E-state index contributed by atoms with van der Waals surface area (Å²) in [5, 5.41) is 0. The van der Waals surface area contributed by atoms with E-state index in [1.165, 1.54) is 0 Å². The summed E-state index contributed by atoms with van der Waals surface area (Å²) in [4.78, 5) is 0. The van der Waals surface area contributed by atoms with Crippen LogP contribution in [0.25, 0.3) is 0 Å². The average molecular weight is 486 g/mol. The van der Waals surface area contributed by atoms with Gasteiger partial charge in [0.15, 0.2) is 6.61 Å². The van der Waals surface area contributed by atoms with Crippen molar-refractivity contribution in [1.82, 2.24) is 0 Å². The van der Waals surface area contributed by atoms with Crippen molar-refractivity contribution in [2.75, 3.05) is 6.61 Å². The van der Waals surface area contributed by atoms with E-state index in [4.69, 9.17) is 0 Å². The van der Waals surface area contributed by atoms with Gasteiger partial charge < -0.3 is 4.74 Å². The van der Waals surface area contributed by atoms with E-state index in [-0.39, 0.29) is 6.26 Å². The topological polar surface area (TPSA) is 9.23 Å². The van der Waals surface area contributed by atoms with Gasteiger partial charge in [-0.2, -0.15) is 70.2 Å². The molecule has 0 unspecified atom stereocenters. The van der Waals surface area contributed by atoms with Gasteiger partial charge in [0.1, 0.15) is 0 Å². The minimum absolute atomic E-state index is 0.132. The molecule has 0 spiro atoms. The fraction of sp³-hybridized carbons (Fsp3) is 0.846. The summed E-state index contributed by atoms with van der Waals surface area (Å²) in [6, 6.07) is 0. The molecular formula is C13H10F16O. The molecule has 0 heterocycles. The zero-order valence-corrected chi connectivity index (χ0v) is 14.3. The molecule has 0 saturated carbocycles. The van der Waals surface area contributed by atoms with E-state index >= 15 is 0 Å². The summed E-state index contributed by atoms with van der Waals surface area (Å²) >= 11 is 0. The van der Waals surface area contributed by atoms with Crippen molar-refractivity contribution < 1.29 is 75.0 Å². The number of hydrogen-bond acceptors (Lipinski definition) is 1. The highest BCUT2D eigenvalue weighted by Gasteiger charge is 2.94. The number of allylic oxidation sites excluding steroid dienone is 1. The summed E-state index contributed by atoms with van der Waals surface area (Å²) in [6.07, 6.45) is 0.815. The van der Waals surface area contributed by atoms with Crippen LogP contribution >= 0.6 is 0 Å². The molecule has 0 aromatic heterocycles. The first kappa shape index (κ1) is 28.4. The maximum Gasteiger partial charge on any atom is 0.385 e. The van der Waals surface area contributed by atoms with Crippen LogP contribution in [0.5, 0.6) is 0 Å². The number of ether oxygens (including phenoxy) is 1. The van der Waals surface area contributed by atoms with Gasteiger partial charge >= 0.3 is 47.4 Å². The highest BCUT2D eigenvalue weighted by Crippen LogP contribution is 2.63. The first-order chi connectivity index (χ1) is 12.8. The van der Waals surface area contributed by atoms with Crippen LogP contribution in [0.4, 0.5) is 70.2 Å². The first-order valence-electron chi connectivity index (χ1n) is 7.06. The van der Waals surface area contributed by atoms with Crippen LogP contribution < -0.4 is 0 Å². The average Bonchev–Trinajstić information content (AvgIpc) is 2.52. The second kappa shape index (κ2) is 7.53. The minimum atomic E-state index is -8.40. The molecule has 180 valence electrons. The lowest BCUT2D eigenvalue weighted by Gasteiger charge is -2.43. The molecule has 0 aromatic rings. The molecule has 0 amide bonds. The van der Waals surface area contributed by atoms with E-state index in [1.54, 1.807) is 0 Å². The van der Waals surface area contributed by atoms with Crippen molar-refractivity contribution in [2.24, 2.45) is 0 Å². The lowest BCUT2D eigenvalue weighted by molar-refractivity contribution is -0.453. The molecular weight excluding hydrogens is 476 g/mol. The zero-order valence-electron chi connectivity index (χ0n) is 14.3. The Labute approximate surface area is 156 Å². The van der Waals surface area contributed by atoms with Crippen LogP contribution in [0, 0.1) is 0 Å². The predicted octanol–water partition coefficient (Wildman–Crippen LogP) is 6.64. The molecule has 30 heavy (non-hydrogen) atoms. The van der Waals surface area contributed by atoms with E-state index in [0.29, 0.717) is 6.08 Å². The monoisotopic (exact) mass is 486 g/mol. The van der Waals surface area contributed by atoms with Gasteiger partial charge in [-0.1, -0.05) is 6.08 Å². The van der Waals surface area contributed by atoms with E-state index in [9.17, 15) is 70.2 Å². The van der Waals surface area contributed by atoms with E-state index in [0.717, 1.165) is 6.92 Å². The third kappa shape index (κ3) is 3.76. The standard InChI is InChI=1S/C13H10F16O/c1-3-4-30-5-7(16,17)9(20,21)11(24,25)13(28,29)12(26,27)10(22,23)8(18,19)6(2,14)15/h3-4H,5H2,1-2H3. The summed E-state index contributed by atoms with van der Waals surface area (Å²) < 4.78 is 214. The quantitative estimate of drug-likeness (QED) is 0.249. The molecule has 0 aliphatic heterocycles. The predicted molar refractivity (Wildman–Crippen MR) is 66.0 cm³/mol. The van der Waals surface area contributed by atoms with Crippen LogP contribution in [0.2, 0.25) is 0 Å². The Morgan fingerprint density at radius 2 is 0.833 bits per heavy atom. The maximum atomic E-state index is 13.4. The van der Waals surface area contributed by atoms with Crippen LogP contribution in [0.15, 0.2) is 12.3 Å². The lowest BCUT2D eigenvalue weighted by atomic mass is 9.88. The van der Waals surface area contributed by atoms with Crippen molar-refractivity contribution in [3.05, 3.63) is 12.3 Å². The molecule has 0 aliphatic rings. The summed E-state index contributed by atoms with van der Waals surface area (Å²) in [5.74, 6) is -60.9. The number of halogens is 16. The summed E-state index contributed by atoms with van der Waals surface area (Å²) in [5.41, 5.74) is 0. The van der Waals surface area contributed by atoms with Gasteiger partial charge in [-0.05, 0) is 6.92 Å². The normalized spacial score (nSPS) is 16.3. The molecule has 0 rings (SSSR count). The third-order valence-electron chi connectivity index (χ3n) is 3.48. The SMILES string of the molecule is CC=COCC(F)(F)C(F)(F)C(F)(F)C(F)(F)C(F)(F)C(F)(F)C(F)(F)C(C)(F)F. The summed E-state index contributed by atoms with van der Waals surface area (Å²) in [7, 11) is 0. The van der Waals surface area contributed by atoms with Gasteiger partial charge in [-0.15, -0.1) is 0 Å². The molecule has 0 bridgehead atoms. The second-order valence-corrected chi connectivity index (χ2v) is 5.82. The Balaban J connectivity index is 6.55. The van der Waals surface area contributed by atoms with Gasteiger partial charge in [0, 0.05) is 6.92 Å². The molecule has 1 nitrogen and oxygen atoms in total. The van der Waals surface area contributed by atoms with Gasteiger partial charge in [0.25, 0.3) is 0 Å². The van der Waals surface area contributed by atoms with Crippen molar-refractivity contribution in [2.45, 2.75) is 61.2 Å². The van der Waals surface area contributed by atoms with Crippen molar-refractivity contribution in [3.63, 3.8) is 0 Å².